The number of carboxylic acid groups (broad SMARTS) is 1. The van der Waals surface area contributed by atoms with E-state index in [2.05, 4.69) is 9.97 Å². The SMILES string of the molecule is Cc1cc(C)c(CSSc2ccccc2C(=O)O)[n+](-c2nc3ccc(C(F)(F)F)cc3[nH]2)c1. The Bertz CT molecular complexity index is 1350. The van der Waals surface area contributed by atoms with Crippen LogP contribution < -0.4 is 4.57 Å². The van der Waals surface area contributed by atoms with Crippen molar-refractivity contribution in [1.82, 2.24) is 9.97 Å². The second-order valence-electron chi connectivity index (χ2n) is 7.45. The standard InChI is InChI=1S/C23H18F3N3O2S2/c1-13-9-14(2)19(12-32-33-20-6-4-3-5-16(20)21(30)31)29(11-13)22-27-17-8-7-15(23(24,25)26)10-18(17)28-22/h3-11H,12H2,1-2H3,(H-,27,28,30,31)/p+1. The van der Waals surface area contributed by atoms with Crippen molar-refractivity contribution in [2.75, 3.05) is 0 Å². The number of hydrogen-bond acceptors (Lipinski definition) is 4. The van der Waals surface area contributed by atoms with Crippen LogP contribution in [0.25, 0.3) is 17.0 Å². The third-order valence-corrected chi connectivity index (χ3v) is 7.30. The molecular formula is C23H19F3N3O2S2+. The quantitative estimate of drug-likeness (QED) is 0.252. The molecule has 10 heteroatoms. The lowest BCUT2D eigenvalue weighted by molar-refractivity contribution is -0.611. The second-order valence-corrected chi connectivity index (χ2v) is 9.79. The summed E-state index contributed by atoms with van der Waals surface area (Å²) in [5, 5.41) is 9.38. The van der Waals surface area contributed by atoms with Gasteiger partial charge < -0.3 is 5.11 Å². The molecule has 0 fully saturated rings. The number of alkyl halides is 3. The Morgan fingerprint density at radius 3 is 2.64 bits per heavy atom. The van der Waals surface area contributed by atoms with E-state index in [1.54, 1.807) is 24.3 Å². The van der Waals surface area contributed by atoms with Crippen molar-refractivity contribution in [1.29, 1.82) is 0 Å². The van der Waals surface area contributed by atoms with E-state index in [1.165, 1.54) is 27.7 Å². The van der Waals surface area contributed by atoms with Gasteiger partial charge in [-0.1, -0.05) is 44.8 Å². The van der Waals surface area contributed by atoms with Gasteiger partial charge >= 0.3 is 18.1 Å². The molecular weight excluding hydrogens is 471 g/mol. The number of rotatable bonds is 6. The molecule has 0 radical (unpaired) electrons. The van der Waals surface area contributed by atoms with Crippen LogP contribution in [0.5, 0.6) is 0 Å². The molecule has 2 heterocycles. The largest absolute Gasteiger partial charge is 0.478 e. The smallest absolute Gasteiger partial charge is 0.416 e. The van der Waals surface area contributed by atoms with Crippen LogP contribution in [0.3, 0.4) is 0 Å². The minimum absolute atomic E-state index is 0.237. The van der Waals surface area contributed by atoms with Crippen LogP contribution in [0.15, 0.2) is 59.6 Å². The van der Waals surface area contributed by atoms with Crippen molar-refractivity contribution >= 4 is 38.6 Å². The van der Waals surface area contributed by atoms with E-state index in [-0.39, 0.29) is 5.56 Å². The number of hydrogen-bond donors (Lipinski definition) is 2. The second kappa shape index (κ2) is 9.11. The van der Waals surface area contributed by atoms with Gasteiger partial charge in [0.05, 0.1) is 28.8 Å². The zero-order chi connectivity index (χ0) is 23.8. The number of aryl methyl sites for hydroxylation is 2. The Morgan fingerprint density at radius 2 is 1.91 bits per heavy atom. The van der Waals surface area contributed by atoms with Crippen LogP contribution in [0.2, 0.25) is 0 Å². The summed E-state index contributed by atoms with van der Waals surface area (Å²) < 4.78 is 41.1. The summed E-state index contributed by atoms with van der Waals surface area (Å²) in [6, 6.07) is 12.2. The first-order valence-electron chi connectivity index (χ1n) is 9.84. The number of H-pyrrole nitrogens is 1. The average Bonchev–Trinajstić information content (AvgIpc) is 3.18. The molecule has 0 saturated carbocycles. The molecule has 33 heavy (non-hydrogen) atoms. The van der Waals surface area contributed by atoms with Crippen LogP contribution in [-0.2, 0) is 11.9 Å². The highest BCUT2D eigenvalue weighted by atomic mass is 33.1. The van der Waals surface area contributed by atoms with Gasteiger partial charge in [0.2, 0.25) is 0 Å². The summed E-state index contributed by atoms with van der Waals surface area (Å²) >= 11 is 0. The Balaban J connectivity index is 1.66. The molecule has 0 aliphatic carbocycles. The number of nitrogens with one attached hydrogen (secondary N) is 1. The van der Waals surface area contributed by atoms with Crippen molar-refractivity contribution in [2.24, 2.45) is 0 Å². The van der Waals surface area contributed by atoms with Gasteiger partial charge in [0, 0.05) is 4.90 Å². The maximum Gasteiger partial charge on any atom is 0.416 e. The molecule has 0 aliphatic rings. The van der Waals surface area contributed by atoms with Gasteiger partial charge in [0.15, 0.2) is 5.52 Å². The topological polar surface area (TPSA) is 69.9 Å². The molecule has 2 N–H and O–H groups in total. The summed E-state index contributed by atoms with van der Waals surface area (Å²) in [5.74, 6) is -0.0429. The predicted octanol–water partition coefficient (Wildman–Crippen LogP) is 6.11. The number of imidazole rings is 1. The number of benzene rings is 2. The number of pyridine rings is 1. The molecule has 4 rings (SSSR count). The lowest BCUT2D eigenvalue weighted by Gasteiger charge is -2.11. The van der Waals surface area contributed by atoms with E-state index < -0.39 is 17.7 Å². The first-order chi connectivity index (χ1) is 15.6. The molecule has 170 valence electrons. The zero-order valence-electron chi connectivity index (χ0n) is 17.6. The lowest BCUT2D eigenvalue weighted by Crippen LogP contribution is -2.38. The van der Waals surface area contributed by atoms with Gasteiger partial charge in [-0.05, 0) is 55.3 Å². The normalized spacial score (nSPS) is 11.8. The Kier molecular flexibility index (Phi) is 6.40. The van der Waals surface area contributed by atoms with Gasteiger partial charge in [0.25, 0.3) is 0 Å². The van der Waals surface area contributed by atoms with Crippen molar-refractivity contribution < 1.29 is 27.6 Å². The Labute approximate surface area is 195 Å². The minimum atomic E-state index is -4.43. The summed E-state index contributed by atoms with van der Waals surface area (Å²) in [6.07, 6.45) is -2.56. The number of carboxylic acids is 1. The molecule has 0 unspecified atom stereocenters. The zero-order valence-corrected chi connectivity index (χ0v) is 19.2. The summed E-state index contributed by atoms with van der Waals surface area (Å²) in [5.41, 5.74) is 3.11. The van der Waals surface area contributed by atoms with Gasteiger partial charge in [-0.15, -0.1) is 0 Å². The number of aromatic carboxylic acids is 1. The number of carbonyl (C=O) groups is 1. The summed E-state index contributed by atoms with van der Waals surface area (Å²) in [7, 11) is 2.84. The van der Waals surface area contributed by atoms with E-state index in [0.29, 0.717) is 27.6 Å². The fraction of sp³-hybridized carbons (Fsp3) is 0.174. The maximum atomic E-state index is 13.1. The van der Waals surface area contributed by atoms with Crippen molar-refractivity contribution in [3.8, 4) is 5.95 Å². The Hall–Kier alpha value is -2.98. The van der Waals surface area contributed by atoms with Crippen molar-refractivity contribution in [3.05, 3.63) is 82.7 Å². The minimum Gasteiger partial charge on any atom is -0.478 e. The van der Waals surface area contributed by atoms with Crippen molar-refractivity contribution in [2.45, 2.75) is 30.7 Å². The highest BCUT2D eigenvalue weighted by Gasteiger charge is 2.31. The van der Waals surface area contributed by atoms with E-state index >= 15 is 0 Å². The van der Waals surface area contributed by atoms with Gasteiger partial charge in [-0.25, -0.2) is 14.3 Å². The monoisotopic (exact) mass is 490 g/mol. The van der Waals surface area contributed by atoms with Crippen LogP contribution in [0, 0.1) is 13.8 Å². The van der Waals surface area contributed by atoms with Crippen LogP contribution in [-0.4, -0.2) is 21.0 Å². The molecule has 0 bridgehead atoms. The third kappa shape index (κ3) is 5.01. The van der Waals surface area contributed by atoms with E-state index in [9.17, 15) is 23.1 Å². The van der Waals surface area contributed by atoms with E-state index in [4.69, 9.17) is 0 Å². The fourth-order valence-electron chi connectivity index (χ4n) is 3.46. The number of fused-ring (bicyclic) bond motifs is 1. The summed E-state index contributed by atoms with van der Waals surface area (Å²) in [6.45, 7) is 3.89. The molecule has 2 aromatic carbocycles. The van der Waals surface area contributed by atoms with Gasteiger partial charge in [-0.2, -0.15) is 13.2 Å². The first-order valence-corrected chi connectivity index (χ1v) is 12.2. The van der Waals surface area contributed by atoms with Crippen LogP contribution in [0.4, 0.5) is 13.2 Å². The molecule has 0 spiro atoms. The van der Waals surface area contributed by atoms with Crippen molar-refractivity contribution in [3.63, 3.8) is 0 Å². The number of nitrogens with zero attached hydrogens (tertiary/aromatic N) is 2. The molecule has 0 amide bonds. The number of halogens is 3. The van der Waals surface area contributed by atoms with Crippen LogP contribution >= 0.6 is 21.6 Å². The molecule has 0 saturated heterocycles. The maximum absolute atomic E-state index is 13.1. The predicted molar refractivity (Wildman–Crippen MR) is 123 cm³/mol. The number of aromatic nitrogens is 3. The van der Waals surface area contributed by atoms with E-state index in [0.717, 1.165) is 29.0 Å². The average molecular weight is 491 g/mol. The summed E-state index contributed by atoms with van der Waals surface area (Å²) in [4.78, 5) is 19.6. The molecule has 5 nitrogen and oxygen atoms in total. The van der Waals surface area contributed by atoms with E-state index in [1.807, 2.05) is 30.7 Å². The Morgan fingerprint density at radius 1 is 1.15 bits per heavy atom. The number of aromatic amines is 1. The third-order valence-electron chi connectivity index (χ3n) is 5.01. The highest BCUT2D eigenvalue weighted by molar-refractivity contribution is 8.76. The first kappa shape index (κ1) is 23.2. The van der Waals surface area contributed by atoms with Crippen LogP contribution in [0.1, 0.15) is 32.7 Å². The lowest BCUT2D eigenvalue weighted by atomic mass is 10.2. The molecule has 0 aliphatic heterocycles. The van der Waals surface area contributed by atoms with Gasteiger partial charge in [0.1, 0.15) is 5.52 Å². The highest BCUT2D eigenvalue weighted by Crippen LogP contribution is 2.36. The fourth-order valence-corrected chi connectivity index (χ4v) is 5.83. The molecule has 4 aromatic rings. The molecule has 2 aromatic heterocycles. The van der Waals surface area contributed by atoms with Gasteiger partial charge in [-0.3, -0.25) is 0 Å². The molecule has 0 atom stereocenters.